The summed E-state index contributed by atoms with van der Waals surface area (Å²) >= 11 is 0. The van der Waals surface area contributed by atoms with Crippen LogP contribution in [0.4, 0.5) is 0 Å². The van der Waals surface area contributed by atoms with Crippen molar-refractivity contribution < 1.29 is 0 Å². The molecule has 0 aliphatic rings. The van der Waals surface area contributed by atoms with E-state index >= 15 is 0 Å². The Kier molecular flexibility index (Phi) is 3.61. The van der Waals surface area contributed by atoms with E-state index in [1.807, 2.05) is 18.5 Å². The summed E-state index contributed by atoms with van der Waals surface area (Å²) in [5, 5.41) is 2.54. The van der Waals surface area contributed by atoms with Crippen molar-refractivity contribution in [2.45, 2.75) is 19.8 Å². The van der Waals surface area contributed by atoms with Crippen LogP contribution in [0.25, 0.3) is 21.8 Å². The normalized spacial score (nSPS) is 11.7. The van der Waals surface area contributed by atoms with Crippen molar-refractivity contribution in [3.05, 3.63) is 101 Å². The Balaban J connectivity index is 1.88. The number of hydrogen-bond donors (Lipinski definition) is 2. The van der Waals surface area contributed by atoms with Crippen molar-refractivity contribution in [2.75, 3.05) is 0 Å². The maximum Gasteiger partial charge on any atom is 0.0459 e. The Morgan fingerprint density at radius 1 is 0.704 bits per heavy atom. The van der Waals surface area contributed by atoms with Gasteiger partial charge in [-0.2, -0.15) is 0 Å². The smallest absolute Gasteiger partial charge is 0.0459 e. The lowest BCUT2D eigenvalue weighted by molar-refractivity contribution is 0.950. The molecule has 27 heavy (non-hydrogen) atoms. The van der Waals surface area contributed by atoms with Crippen LogP contribution in [0.3, 0.4) is 0 Å². The van der Waals surface area contributed by atoms with Crippen LogP contribution in [0.15, 0.2) is 73.1 Å². The Hall–Kier alpha value is -3.33. The molecule has 0 spiro atoms. The molecule has 0 saturated heterocycles. The molecule has 0 saturated carbocycles. The number of hydrogen-bond acceptors (Lipinski definition) is 1. The molecule has 3 heteroatoms. The zero-order chi connectivity index (χ0) is 18.4. The molecule has 3 nitrogen and oxygen atoms in total. The van der Waals surface area contributed by atoms with Crippen LogP contribution >= 0.6 is 0 Å². The van der Waals surface area contributed by atoms with E-state index in [-0.39, 0.29) is 5.92 Å². The van der Waals surface area contributed by atoms with Crippen molar-refractivity contribution in [2.24, 2.45) is 0 Å². The van der Waals surface area contributed by atoms with Crippen LogP contribution in [0.1, 0.15) is 34.0 Å². The highest BCUT2D eigenvalue weighted by Gasteiger charge is 2.26. The molecule has 0 aliphatic carbocycles. The monoisotopic (exact) mass is 351 g/mol. The molecule has 0 aliphatic heterocycles. The first-order chi connectivity index (χ1) is 13.2. The number of aryl methyl sites for hydroxylation is 2. The Morgan fingerprint density at radius 3 is 1.78 bits per heavy atom. The topological polar surface area (TPSA) is 44.5 Å². The predicted molar refractivity (Wildman–Crippen MR) is 111 cm³/mol. The molecule has 5 rings (SSSR count). The first kappa shape index (κ1) is 15.9. The van der Waals surface area contributed by atoms with Gasteiger partial charge >= 0.3 is 0 Å². The number of benzene rings is 2. The average Bonchev–Trinajstić information content (AvgIpc) is 3.20. The summed E-state index contributed by atoms with van der Waals surface area (Å²) in [4.78, 5) is 11.6. The minimum absolute atomic E-state index is 0.117. The molecular weight excluding hydrogens is 330 g/mol. The molecule has 2 N–H and O–H groups in total. The van der Waals surface area contributed by atoms with Crippen molar-refractivity contribution in [1.82, 2.24) is 15.0 Å². The molecule has 132 valence electrons. The third-order valence-corrected chi connectivity index (χ3v) is 5.48. The van der Waals surface area contributed by atoms with Crippen LogP contribution in [-0.2, 0) is 0 Å². The Labute approximate surface area is 158 Å². The average molecular weight is 351 g/mol. The molecular formula is C24H21N3. The minimum Gasteiger partial charge on any atom is -0.358 e. The highest BCUT2D eigenvalue weighted by atomic mass is 14.7. The number of nitrogens with one attached hydrogen (secondary N) is 2. The maximum absolute atomic E-state index is 4.42. The molecule has 3 heterocycles. The highest BCUT2D eigenvalue weighted by Crippen LogP contribution is 2.42. The van der Waals surface area contributed by atoms with E-state index in [1.54, 1.807) is 0 Å². The highest BCUT2D eigenvalue weighted by molar-refractivity contribution is 5.90. The van der Waals surface area contributed by atoms with Crippen LogP contribution < -0.4 is 0 Å². The molecule has 0 unspecified atom stereocenters. The Morgan fingerprint density at radius 2 is 1.26 bits per heavy atom. The van der Waals surface area contributed by atoms with Crippen LogP contribution in [0.5, 0.6) is 0 Å². The van der Waals surface area contributed by atoms with Crippen LogP contribution in [0.2, 0.25) is 0 Å². The first-order valence-electron chi connectivity index (χ1n) is 9.28. The van der Waals surface area contributed by atoms with Gasteiger partial charge in [0.05, 0.1) is 0 Å². The van der Waals surface area contributed by atoms with Gasteiger partial charge in [0.25, 0.3) is 0 Å². The number of H-pyrrole nitrogens is 2. The largest absolute Gasteiger partial charge is 0.358 e. The number of aromatic amines is 2. The summed E-state index contributed by atoms with van der Waals surface area (Å²) in [6.07, 6.45) is 3.83. The SMILES string of the molecule is Cc1[nH]c2ccccc2c1C(c1cccnc1)c1c(C)[nH]c2ccccc12. The van der Waals surface area contributed by atoms with E-state index in [9.17, 15) is 0 Å². The second kappa shape index (κ2) is 6.13. The van der Waals surface area contributed by atoms with Crippen molar-refractivity contribution in [1.29, 1.82) is 0 Å². The first-order valence-corrected chi connectivity index (χ1v) is 9.28. The molecule has 0 atom stereocenters. The Bertz CT molecular complexity index is 1160. The zero-order valence-electron chi connectivity index (χ0n) is 15.5. The number of rotatable bonds is 3. The number of fused-ring (bicyclic) bond motifs is 2. The minimum atomic E-state index is 0.117. The second-order valence-corrected chi connectivity index (χ2v) is 7.14. The zero-order valence-corrected chi connectivity index (χ0v) is 15.5. The molecule has 0 bridgehead atoms. The fourth-order valence-corrected chi connectivity index (χ4v) is 4.37. The number of aromatic nitrogens is 3. The summed E-state index contributed by atoms with van der Waals surface area (Å²) in [5.41, 5.74) is 8.62. The van der Waals surface area contributed by atoms with E-state index in [0.717, 1.165) is 0 Å². The summed E-state index contributed by atoms with van der Waals surface area (Å²) < 4.78 is 0. The lowest BCUT2D eigenvalue weighted by atomic mass is 9.83. The molecule has 0 radical (unpaired) electrons. The van der Waals surface area contributed by atoms with Gasteiger partial charge in [0.1, 0.15) is 0 Å². The van der Waals surface area contributed by atoms with E-state index < -0.39 is 0 Å². The summed E-state index contributed by atoms with van der Waals surface area (Å²) in [6, 6.07) is 21.3. The quantitative estimate of drug-likeness (QED) is 0.421. The van der Waals surface area contributed by atoms with E-state index in [4.69, 9.17) is 0 Å². The maximum atomic E-state index is 4.42. The van der Waals surface area contributed by atoms with Gasteiger partial charge in [-0.05, 0) is 48.7 Å². The van der Waals surface area contributed by atoms with Gasteiger partial charge in [-0.25, -0.2) is 0 Å². The molecule has 2 aromatic carbocycles. The van der Waals surface area contributed by atoms with Gasteiger partial charge < -0.3 is 9.97 Å². The predicted octanol–water partition coefficient (Wildman–Crippen LogP) is 5.84. The molecule has 0 amide bonds. The van der Waals surface area contributed by atoms with Crippen molar-refractivity contribution >= 4 is 21.8 Å². The standard InChI is InChI=1S/C24H21N3/c1-15-22(18-9-3-5-11-20(18)26-15)24(17-8-7-13-25-14-17)23-16(2)27-21-12-6-4-10-19(21)23/h3-14,24,26-27H,1-2H3. The fraction of sp³-hybridized carbons (Fsp3) is 0.125. The number of pyridine rings is 1. The fourth-order valence-electron chi connectivity index (χ4n) is 4.37. The third-order valence-electron chi connectivity index (χ3n) is 5.48. The van der Waals surface area contributed by atoms with Gasteiger partial charge in [-0.3, -0.25) is 4.98 Å². The van der Waals surface area contributed by atoms with E-state index in [2.05, 4.69) is 83.4 Å². The summed E-state index contributed by atoms with van der Waals surface area (Å²) in [7, 11) is 0. The third kappa shape index (κ3) is 2.47. The van der Waals surface area contributed by atoms with E-state index in [0.29, 0.717) is 0 Å². The lowest BCUT2D eigenvalue weighted by Crippen LogP contribution is -2.06. The lowest BCUT2D eigenvalue weighted by Gasteiger charge is -2.19. The number of nitrogens with zero attached hydrogens (tertiary/aromatic N) is 1. The molecule has 0 fully saturated rings. The van der Waals surface area contributed by atoms with Crippen LogP contribution in [-0.4, -0.2) is 15.0 Å². The van der Waals surface area contributed by atoms with Crippen molar-refractivity contribution in [3.63, 3.8) is 0 Å². The number of para-hydroxylation sites is 2. The summed E-state index contributed by atoms with van der Waals surface area (Å²) in [5.74, 6) is 0.117. The van der Waals surface area contributed by atoms with Crippen LogP contribution in [0, 0.1) is 13.8 Å². The van der Waals surface area contributed by atoms with Gasteiger partial charge in [0.15, 0.2) is 0 Å². The van der Waals surface area contributed by atoms with E-state index in [1.165, 1.54) is 49.9 Å². The summed E-state index contributed by atoms with van der Waals surface area (Å²) in [6.45, 7) is 4.34. The van der Waals surface area contributed by atoms with Gasteiger partial charge in [-0.15, -0.1) is 0 Å². The van der Waals surface area contributed by atoms with Gasteiger partial charge in [0, 0.05) is 51.5 Å². The van der Waals surface area contributed by atoms with Gasteiger partial charge in [-0.1, -0.05) is 42.5 Å². The second-order valence-electron chi connectivity index (χ2n) is 7.14. The molecule has 5 aromatic rings. The molecule has 3 aromatic heterocycles. The van der Waals surface area contributed by atoms with Crippen molar-refractivity contribution in [3.8, 4) is 0 Å². The van der Waals surface area contributed by atoms with Gasteiger partial charge in [0.2, 0.25) is 0 Å².